The number of likely N-dealkylation sites (tertiary alicyclic amines) is 1. The van der Waals surface area contributed by atoms with Crippen LogP contribution < -0.4 is 5.32 Å². The number of ether oxygens (including phenoxy) is 1. The van der Waals surface area contributed by atoms with Gasteiger partial charge in [0.05, 0.1) is 7.11 Å². The number of halogens is 1. The molecule has 1 aliphatic heterocycles. The maximum atomic E-state index is 14.2. The molecular formula is C18H23FN2O3. The fourth-order valence-corrected chi connectivity index (χ4v) is 3.54. The van der Waals surface area contributed by atoms with Crippen LogP contribution in [0.3, 0.4) is 0 Å². The molecule has 1 N–H and O–H groups in total. The standard InChI is InChI=1S/C18H23FN2O3/c1-18(16(22)24-2,14-5-3-4-6-15(14)19)11-20-17(23)21-8-7-12-9-13(12)10-21/h3-6,12-13H,7-11H2,1-2H3,(H,20,23). The van der Waals surface area contributed by atoms with E-state index >= 15 is 0 Å². The molecule has 1 saturated carbocycles. The summed E-state index contributed by atoms with van der Waals surface area (Å²) in [5.74, 6) is 0.350. The second-order valence-corrected chi connectivity index (χ2v) is 6.95. The third-order valence-electron chi connectivity index (χ3n) is 5.28. The third-order valence-corrected chi connectivity index (χ3v) is 5.28. The summed E-state index contributed by atoms with van der Waals surface area (Å²) >= 11 is 0. The van der Waals surface area contributed by atoms with Crippen molar-refractivity contribution in [3.05, 3.63) is 35.6 Å². The molecule has 3 unspecified atom stereocenters. The van der Waals surface area contributed by atoms with E-state index in [1.165, 1.54) is 19.6 Å². The number of hydrogen-bond donors (Lipinski definition) is 1. The topological polar surface area (TPSA) is 58.6 Å². The Morgan fingerprint density at radius 1 is 1.38 bits per heavy atom. The predicted octanol–water partition coefficient (Wildman–Crippen LogP) is 2.31. The van der Waals surface area contributed by atoms with E-state index in [2.05, 4.69) is 5.32 Å². The van der Waals surface area contributed by atoms with Crippen molar-refractivity contribution in [2.45, 2.75) is 25.2 Å². The number of hydrogen-bond acceptors (Lipinski definition) is 3. The summed E-state index contributed by atoms with van der Waals surface area (Å²) in [7, 11) is 1.26. The van der Waals surface area contributed by atoms with Crippen LogP contribution in [0.4, 0.5) is 9.18 Å². The minimum Gasteiger partial charge on any atom is -0.468 e. The van der Waals surface area contributed by atoms with Gasteiger partial charge in [-0.05, 0) is 37.7 Å². The number of esters is 1. The zero-order valence-electron chi connectivity index (χ0n) is 14.0. The van der Waals surface area contributed by atoms with Gasteiger partial charge in [-0.25, -0.2) is 9.18 Å². The van der Waals surface area contributed by atoms with Crippen LogP contribution in [0, 0.1) is 17.7 Å². The van der Waals surface area contributed by atoms with Gasteiger partial charge in [0.25, 0.3) is 0 Å². The Bertz CT molecular complexity index is 651. The molecule has 0 bridgehead atoms. The van der Waals surface area contributed by atoms with Crippen LogP contribution in [0.25, 0.3) is 0 Å². The maximum Gasteiger partial charge on any atom is 0.317 e. The number of benzene rings is 1. The molecule has 1 aromatic carbocycles. The van der Waals surface area contributed by atoms with Crippen molar-refractivity contribution in [3.63, 3.8) is 0 Å². The molecule has 1 heterocycles. The Labute approximate surface area is 141 Å². The Balaban J connectivity index is 1.71. The Morgan fingerprint density at radius 2 is 2.12 bits per heavy atom. The van der Waals surface area contributed by atoms with E-state index in [4.69, 9.17) is 4.74 Å². The second kappa shape index (κ2) is 6.42. The highest BCUT2D eigenvalue weighted by Crippen LogP contribution is 2.44. The number of nitrogens with one attached hydrogen (secondary N) is 1. The van der Waals surface area contributed by atoms with Crippen LogP contribution in [0.5, 0.6) is 0 Å². The van der Waals surface area contributed by atoms with Gasteiger partial charge < -0.3 is 15.0 Å². The van der Waals surface area contributed by atoms with Crippen molar-refractivity contribution >= 4 is 12.0 Å². The number of nitrogens with zero attached hydrogens (tertiary/aromatic N) is 1. The summed E-state index contributed by atoms with van der Waals surface area (Å²) in [5.41, 5.74) is -1.05. The van der Waals surface area contributed by atoms with Gasteiger partial charge in [-0.15, -0.1) is 0 Å². The Hall–Kier alpha value is -2.11. The number of urea groups is 1. The molecule has 6 heteroatoms. The molecule has 24 heavy (non-hydrogen) atoms. The van der Waals surface area contributed by atoms with Crippen LogP contribution >= 0.6 is 0 Å². The van der Waals surface area contributed by atoms with Crippen LogP contribution in [0.15, 0.2) is 24.3 Å². The lowest BCUT2D eigenvalue weighted by Gasteiger charge is -2.31. The predicted molar refractivity (Wildman–Crippen MR) is 87.0 cm³/mol. The third kappa shape index (κ3) is 3.09. The fourth-order valence-electron chi connectivity index (χ4n) is 3.54. The molecule has 130 valence electrons. The molecule has 2 fully saturated rings. The lowest BCUT2D eigenvalue weighted by molar-refractivity contribution is -0.146. The highest BCUT2D eigenvalue weighted by atomic mass is 19.1. The Kier molecular flexibility index (Phi) is 4.47. The first kappa shape index (κ1) is 16.7. The van der Waals surface area contributed by atoms with Gasteiger partial charge in [-0.2, -0.15) is 0 Å². The summed E-state index contributed by atoms with van der Waals surface area (Å²) in [4.78, 5) is 26.5. The van der Waals surface area contributed by atoms with Gasteiger partial charge >= 0.3 is 12.0 Å². The molecule has 1 aromatic rings. The lowest BCUT2D eigenvalue weighted by Crippen LogP contribution is -2.50. The molecule has 3 rings (SSSR count). The lowest BCUT2D eigenvalue weighted by atomic mass is 9.82. The number of rotatable bonds is 4. The highest BCUT2D eigenvalue weighted by Gasteiger charge is 2.43. The molecule has 0 spiro atoms. The molecule has 0 radical (unpaired) electrons. The minimum atomic E-state index is -1.27. The number of fused-ring (bicyclic) bond motifs is 1. The summed E-state index contributed by atoms with van der Waals surface area (Å²) in [6.07, 6.45) is 2.25. The number of amides is 2. The SMILES string of the molecule is COC(=O)C(C)(CNC(=O)N1CCC2CC2C1)c1ccccc1F. The van der Waals surface area contributed by atoms with E-state index in [1.807, 2.05) is 0 Å². The van der Waals surface area contributed by atoms with Crippen molar-refractivity contribution in [2.24, 2.45) is 11.8 Å². The molecule has 2 aliphatic rings. The number of carbonyl (C=O) groups is 2. The van der Waals surface area contributed by atoms with E-state index in [-0.39, 0.29) is 18.1 Å². The molecule has 1 saturated heterocycles. The smallest absolute Gasteiger partial charge is 0.317 e. The van der Waals surface area contributed by atoms with Crippen LogP contribution in [-0.4, -0.2) is 43.6 Å². The van der Waals surface area contributed by atoms with E-state index < -0.39 is 17.2 Å². The van der Waals surface area contributed by atoms with Crippen molar-refractivity contribution < 1.29 is 18.7 Å². The zero-order valence-corrected chi connectivity index (χ0v) is 14.0. The first-order valence-electron chi connectivity index (χ1n) is 8.32. The van der Waals surface area contributed by atoms with Gasteiger partial charge in [0.1, 0.15) is 11.2 Å². The van der Waals surface area contributed by atoms with E-state index in [1.54, 1.807) is 30.0 Å². The number of carbonyl (C=O) groups excluding carboxylic acids is 2. The van der Waals surface area contributed by atoms with Crippen molar-refractivity contribution in [1.29, 1.82) is 0 Å². The quantitative estimate of drug-likeness (QED) is 0.860. The average molecular weight is 334 g/mol. The summed E-state index contributed by atoms with van der Waals surface area (Å²) < 4.78 is 19.0. The molecule has 2 amide bonds. The van der Waals surface area contributed by atoms with Crippen LogP contribution in [0.1, 0.15) is 25.3 Å². The van der Waals surface area contributed by atoms with Gasteiger partial charge in [0.2, 0.25) is 0 Å². The monoisotopic (exact) mass is 334 g/mol. The van der Waals surface area contributed by atoms with Gasteiger partial charge in [-0.1, -0.05) is 18.2 Å². The largest absolute Gasteiger partial charge is 0.468 e. The van der Waals surface area contributed by atoms with Crippen LogP contribution in [0.2, 0.25) is 0 Å². The molecule has 3 atom stereocenters. The molecule has 1 aliphatic carbocycles. The first-order valence-corrected chi connectivity index (χ1v) is 8.32. The van der Waals surface area contributed by atoms with Gasteiger partial charge in [0, 0.05) is 25.2 Å². The Morgan fingerprint density at radius 3 is 2.79 bits per heavy atom. The molecule has 5 nitrogen and oxygen atoms in total. The fraction of sp³-hybridized carbons (Fsp3) is 0.556. The summed E-state index contributed by atoms with van der Waals surface area (Å²) in [6.45, 7) is 3.08. The second-order valence-electron chi connectivity index (χ2n) is 6.95. The zero-order chi connectivity index (χ0) is 17.3. The van der Waals surface area contributed by atoms with Crippen molar-refractivity contribution in [1.82, 2.24) is 10.2 Å². The highest BCUT2D eigenvalue weighted by molar-refractivity contribution is 5.84. The van der Waals surface area contributed by atoms with E-state index in [0.29, 0.717) is 5.92 Å². The van der Waals surface area contributed by atoms with Crippen LogP contribution in [-0.2, 0) is 14.9 Å². The normalized spacial score (nSPS) is 24.5. The van der Waals surface area contributed by atoms with Gasteiger partial charge in [-0.3, -0.25) is 4.79 Å². The number of piperidine rings is 1. The molecule has 0 aromatic heterocycles. The summed E-state index contributed by atoms with van der Waals surface area (Å²) in [5, 5.41) is 2.79. The first-order chi connectivity index (χ1) is 11.5. The molecular weight excluding hydrogens is 311 g/mol. The van der Waals surface area contributed by atoms with Crippen molar-refractivity contribution in [2.75, 3.05) is 26.7 Å². The average Bonchev–Trinajstić information content (AvgIpc) is 3.37. The maximum absolute atomic E-state index is 14.2. The van der Waals surface area contributed by atoms with E-state index in [0.717, 1.165) is 25.4 Å². The van der Waals surface area contributed by atoms with Gasteiger partial charge in [0.15, 0.2) is 0 Å². The van der Waals surface area contributed by atoms with E-state index in [9.17, 15) is 14.0 Å². The number of methoxy groups -OCH3 is 1. The minimum absolute atomic E-state index is 0.00989. The summed E-state index contributed by atoms with van der Waals surface area (Å²) in [6, 6.07) is 5.88. The van der Waals surface area contributed by atoms with Crippen molar-refractivity contribution in [3.8, 4) is 0 Å².